The molecule has 16 heavy (non-hydrogen) atoms. The van der Waals surface area contributed by atoms with Crippen molar-refractivity contribution in [3.63, 3.8) is 0 Å². The van der Waals surface area contributed by atoms with Crippen molar-refractivity contribution in [1.29, 1.82) is 5.41 Å². The number of ether oxygens (including phenoxy) is 1. The van der Waals surface area contributed by atoms with Crippen LogP contribution in [0.1, 0.15) is 12.5 Å². The third-order valence-corrected chi connectivity index (χ3v) is 1.72. The summed E-state index contributed by atoms with van der Waals surface area (Å²) in [6.45, 7) is 2.14. The van der Waals surface area contributed by atoms with Crippen LogP contribution in [0.5, 0.6) is 0 Å². The van der Waals surface area contributed by atoms with Crippen LogP contribution in [0.4, 0.5) is 16.3 Å². The monoisotopic (exact) mass is 223 g/mol. The van der Waals surface area contributed by atoms with E-state index in [2.05, 4.69) is 10.3 Å². The Morgan fingerprint density at radius 1 is 1.69 bits per heavy atom. The maximum atomic E-state index is 10.6. The summed E-state index contributed by atoms with van der Waals surface area (Å²) in [5, 5.41) is 9.81. The van der Waals surface area contributed by atoms with Gasteiger partial charge in [-0.2, -0.15) is 0 Å². The van der Waals surface area contributed by atoms with Crippen LogP contribution in [0.2, 0.25) is 0 Å². The summed E-state index contributed by atoms with van der Waals surface area (Å²) in [6, 6.07) is 0.688. The number of nitrogens with two attached hydrogens (primary N) is 2. The van der Waals surface area contributed by atoms with Gasteiger partial charge in [-0.25, -0.2) is 9.78 Å². The Morgan fingerprint density at radius 2 is 2.38 bits per heavy atom. The highest BCUT2D eigenvalue weighted by atomic mass is 16.5. The second-order valence-electron chi connectivity index (χ2n) is 2.91. The van der Waals surface area contributed by atoms with E-state index >= 15 is 0 Å². The lowest BCUT2D eigenvalue weighted by Crippen LogP contribution is -2.20. The first-order valence-corrected chi connectivity index (χ1v) is 4.58. The van der Waals surface area contributed by atoms with Crippen molar-refractivity contribution >= 4 is 23.4 Å². The minimum Gasteiger partial charge on any atom is -0.478 e. The van der Waals surface area contributed by atoms with E-state index in [1.165, 1.54) is 12.3 Å². The Morgan fingerprint density at radius 3 is 2.88 bits per heavy atom. The van der Waals surface area contributed by atoms with Crippen LogP contribution in [-0.4, -0.2) is 23.5 Å². The lowest BCUT2D eigenvalue weighted by Gasteiger charge is -2.08. The second-order valence-corrected chi connectivity index (χ2v) is 2.91. The third kappa shape index (κ3) is 2.84. The van der Waals surface area contributed by atoms with Gasteiger partial charge in [0.1, 0.15) is 5.82 Å². The van der Waals surface area contributed by atoms with Crippen LogP contribution in [0.25, 0.3) is 0 Å². The summed E-state index contributed by atoms with van der Waals surface area (Å²) in [6.07, 6.45) is 1.35. The molecule has 86 valence electrons. The predicted octanol–water partition coefficient (Wildman–Crippen LogP) is 0.516. The molecular formula is C9H13N5O2. The van der Waals surface area contributed by atoms with E-state index < -0.39 is 6.03 Å². The fourth-order valence-corrected chi connectivity index (χ4v) is 1.08. The number of rotatable bonds is 3. The summed E-state index contributed by atoms with van der Waals surface area (Å²) in [7, 11) is 0. The average Bonchev–Trinajstić information content (AvgIpc) is 2.16. The second kappa shape index (κ2) is 4.96. The molecule has 0 saturated heterocycles. The van der Waals surface area contributed by atoms with Gasteiger partial charge in [-0.3, -0.25) is 10.7 Å². The number of primary amides is 1. The third-order valence-electron chi connectivity index (χ3n) is 1.72. The lowest BCUT2D eigenvalue weighted by molar-refractivity contribution is 0.259. The van der Waals surface area contributed by atoms with Crippen molar-refractivity contribution in [1.82, 2.24) is 4.98 Å². The van der Waals surface area contributed by atoms with Gasteiger partial charge in [0, 0.05) is 18.0 Å². The quantitative estimate of drug-likeness (QED) is 0.440. The Hall–Kier alpha value is -2.31. The van der Waals surface area contributed by atoms with E-state index in [4.69, 9.17) is 21.6 Å². The summed E-state index contributed by atoms with van der Waals surface area (Å²) >= 11 is 0. The summed E-state index contributed by atoms with van der Waals surface area (Å²) in [5.41, 5.74) is 11.3. The Balaban J connectivity index is 2.91. The van der Waals surface area contributed by atoms with E-state index in [0.29, 0.717) is 12.2 Å². The van der Waals surface area contributed by atoms with Crippen LogP contribution in [0.3, 0.4) is 0 Å². The van der Waals surface area contributed by atoms with Crippen LogP contribution >= 0.6 is 0 Å². The molecule has 1 rings (SSSR count). The zero-order valence-electron chi connectivity index (χ0n) is 8.78. The van der Waals surface area contributed by atoms with E-state index in [1.807, 2.05) is 0 Å². The number of nitrogen functional groups attached to an aromatic ring is 1. The summed E-state index contributed by atoms with van der Waals surface area (Å²) in [5.74, 6) is 0.177. The fourth-order valence-electron chi connectivity index (χ4n) is 1.08. The first-order valence-electron chi connectivity index (χ1n) is 4.58. The zero-order valence-corrected chi connectivity index (χ0v) is 8.78. The smallest absolute Gasteiger partial charge is 0.317 e. The molecule has 0 aromatic carbocycles. The molecule has 2 amide bonds. The zero-order chi connectivity index (χ0) is 12.1. The van der Waals surface area contributed by atoms with Crippen molar-refractivity contribution in [3.05, 3.63) is 17.8 Å². The van der Waals surface area contributed by atoms with Gasteiger partial charge in [0.2, 0.25) is 5.90 Å². The minimum atomic E-state index is -0.723. The maximum absolute atomic E-state index is 10.6. The Kier molecular flexibility index (Phi) is 3.65. The number of carbonyl (C=O) groups excluding carboxylic acids is 1. The molecule has 0 aliphatic carbocycles. The largest absolute Gasteiger partial charge is 0.478 e. The highest BCUT2D eigenvalue weighted by Gasteiger charge is 2.09. The molecule has 0 aliphatic heterocycles. The van der Waals surface area contributed by atoms with E-state index in [-0.39, 0.29) is 17.4 Å². The number of anilines is 2. The number of carbonyl (C=O) groups is 1. The molecule has 6 N–H and O–H groups in total. The molecule has 0 spiro atoms. The molecule has 7 heteroatoms. The molecule has 7 nitrogen and oxygen atoms in total. The van der Waals surface area contributed by atoms with E-state index in [9.17, 15) is 4.79 Å². The molecule has 0 saturated carbocycles. The van der Waals surface area contributed by atoms with Crippen LogP contribution < -0.4 is 16.8 Å². The number of aromatic nitrogens is 1. The number of urea groups is 1. The number of nitrogens with one attached hydrogen (secondary N) is 2. The highest BCUT2D eigenvalue weighted by Crippen LogP contribution is 2.15. The number of nitrogens with zero attached hydrogens (tertiary/aromatic N) is 1. The summed E-state index contributed by atoms with van der Waals surface area (Å²) in [4.78, 5) is 14.4. The number of amides is 2. The molecule has 0 aliphatic rings. The van der Waals surface area contributed by atoms with Crippen molar-refractivity contribution < 1.29 is 9.53 Å². The van der Waals surface area contributed by atoms with Gasteiger partial charge in [-0.05, 0) is 6.92 Å². The van der Waals surface area contributed by atoms with Gasteiger partial charge in [0.15, 0.2) is 0 Å². The van der Waals surface area contributed by atoms with Crippen molar-refractivity contribution in [2.24, 2.45) is 5.73 Å². The van der Waals surface area contributed by atoms with Crippen molar-refractivity contribution in [3.8, 4) is 0 Å². The van der Waals surface area contributed by atoms with Gasteiger partial charge in [0.25, 0.3) is 0 Å². The van der Waals surface area contributed by atoms with E-state index in [0.717, 1.165) is 0 Å². The molecule has 0 bridgehead atoms. The topological polar surface area (TPSA) is 127 Å². The fraction of sp³-hybridized carbons (Fsp3) is 0.222. The van der Waals surface area contributed by atoms with Crippen LogP contribution in [-0.2, 0) is 4.74 Å². The van der Waals surface area contributed by atoms with Crippen LogP contribution in [0.15, 0.2) is 12.3 Å². The number of hydrogen-bond donors (Lipinski definition) is 4. The average molecular weight is 223 g/mol. The lowest BCUT2D eigenvalue weighted by atomic mass is 10.2. The molecule has 0 unspecified atom stereocenters. The summed E-state index contributed by atoms with van der Waals surface area (Å²) < 4.78 is 4.98. The Labute approximate surface area is 92.3 Å². The van der Waals surface area contributed by atoms with Gasteiger partial charge >= 0.3 is 6.03 Å². The SMILES string of the molecule is CCOC(=N)c1cnc(NC(N)=O)cc1N. The van der Waals surface area contributed by atoms with E-state index in [1.54, 1.807) is 6.92 Å². The molecule has 0 fully saturated rings. The van der Waals surface area contributed by atoms with Crippen molar-refractivity contribution in [2.75, 3.05) is 17.7 Å². The molecule has 0 radical (unpaired) electrons. The number of pyridine rings is 1. The predicted molar refractivity (Wildman–Crippen MR) is 60.3 cm³/mol. The van der Waals surface area contributed by atoms with Crippen molar-refractivity contribution in [2.45, 2.75) is 6.92 Å². The first kappa shape index (κ1) is 11.8. The normalized spacial score (nSPS) is 9.56. The van der Waals surface area contributed by atoms with Gasteiger partial charge < -0.3 is 16.2 Å². The number of hydrogen-bond acceptors (Lipinski definition) is 5. The van der Waals surface area contributed by atoms with Gasteiger partial charge in [0.05, 0.1) is 12.2 Å². The molecular weight excluding hydrogens is 210 g/mol. The van der Waals surface area contributed by atoms with Gasteiger partial charge in [-0.15, -0.1) is 0 Å². The molecule has 1 aromatic rings. The van der Waals surface area contributed by atoms with Crippen LogP contribution in [0, 0.1) is 5.41 Å². The van der Waals surface area contributed by atoms with Gasteiger partial charge in [-0.1, -0.05) is 0 Å². The standard InChI is InChI=1S/C9H13N5O2/c1-2-16-8(11)5-4-13-7(3-6(5)10)14-9(12)15/h3-4,11H,2H2,1H3,(H5,10,12,13,14,15). The molecule has 1 heterocycles. The molecule has 1 aromatic heterocycles. The first-order chi connectivity index (χ1) is 7.54. The molecule has 0 atom stereocenters. The maximum Gasteiger partial charge on any atom is 0.317 e. The Bertz CT molecular complexity index is 418. The minimum absolute atomic E-state index is 0.0573. The highest BCUT2D eigenvalue weighted by molar-refractivity contribution is 5.97.